The summed E-state index contributed by atoms with van der Waals surface area (Å²) in [4.78, 5) is 0. The van der Waals surface area contributed by atoms with Crippen molar-refractivity contribution in [2.24, 2.45) is 0 Å². The molecule has 0 aliphatic carbocycles. The molecule has 0 heterocycles. The zero-order chi connectivity index (χ0) is 9.45. The maximum atomic E-state index is 3.92. The smallest absolute Gasteiger partial charge is 0.0136 e. The summed E-state index contributed by atoms with van der Waals surface area (Å²) in [5.41, 5.74) is 0. The van der Waals surface area contributed by atoms with Gasteiger partial charge in [0.1, 0.15) is 0 Å². The van der Waals surface area contributed by atoms with Crippen molar-refractivity contribution in [2.75, 3.05) is 17.3 Å². The molecule has 0 amide bonds. The second-order valence-electron chi connectivity index (χ2n) is 3.28. The van der Waals surface area contributed by atoms with Gasteiger partial charge in [-0.3, -0.25) is 0 Å². The fraction of sp³-hybridized carbons (Fsp3) is 1.00. The molecule has 0 N–H and O–H groups in total. The van der Waals surface area contributed by atoms with Crippen LogP contribution in [0.3, 0.4) is 0 Å². The molecule has 0 unspecified atom stereocenters. The lowest BCUT2D eigenvalue weighted by molar-refractivity contribution is 0.705. The SMILES string of the molecule is CCCCCCS(Br)(CC)CC. The first-order valence-corrected chi connectivity index (χ1v) is 9.12. The van der Waals surface area contributed by atoms with Crippen LogP contribution in [-0.2, 0) is 0 Å². The second kappa shape index (κ2) is 7.25. The van der Waals surface area contributed by atoms with Gasteiger partial charge in [-0.2, -0.15) is 8.46 Å². The topological polar surface area (TPSA) is 0 Å². The molecular formula is C10H23BrS. The van der Waals surface area contributed by atoms with E-state index in [0.717, 1.165) is 0 Å². The zero-order valence-electron chi connectivity index (χ0n) is 8.74. The van der Waals surface area contributed by atoms with E-state index in [4.69, 9.17) is 0 Å². The van der Waals surface area contributed by atoms with Crippen LogP contribution in [0.1, 0.15) is 46.5 Å². The Morgan fingerprint density at radius 1 is 0.917 bits per heavy atom. The molecule has 0 spiro atoms. The van der Waals surface area contributed by atoms with Crippen LogP contribution < -0.4 is 0 Å². The van der Waals surface area contributed by atoms with Gasteiger partial charge in [-0.1, -0.05) is 40.0 Å². The molecule has 0 radical (unpaired) electrons. The molecule has 0 saturated carbocycles. The Kier molecular flexibility index (Phi) is 7.76. The van der Waals surface area contributed by atoms with Crippen LogP contribution in [-0.4, -0.2) is 17.3 Å². The monoisotopic (exact) mass is 254 g/mol. The molecule has 76 valence electrons. The fourth-order valence-corrected chi connectivity index (χ4v) is 3.67. The van der Waals surface area contributed by atoms with Gasteiger partial charge >= 0.3 is 0 Å². The van der Waals surface area contributed by atoms with E-state index in [-0.39, 0.29) is 8.46 Å². The normalized spacial score (nSPS) is 13.3. The molecule has 0 atom stereocenters. The van der Waals surface area contributed by atoms with Crippen molar-refractivity contribution in [3.05, 3.63) is 0 Å². The molecule has 12 heavy (non-hydrogen) atoms. The Labute approximate surface area is 87.0 Å². The van der Waals surface area contributed by atoms with E-state index in [1.54, 1.807) is 0 Å². The average molecular weight is 255 g/mol. The summed E-state index contributed by atoms with van der Waals surface area (Å²) in [6.07, 6.45) is 5.62. The van der Waals surface area contributed by atoms with E-state index in [1.807, 2.05) is 0 Å². The Morgan fingerprint density at radius 3 is 1.92 bits per heavy atom. The van der Waals surface area contributed by atoms with E-state index in [2.05, 4.69) is 35.6 Å². The first kappa shape index (κ1) is 12.8. The third-order valence-electron chi connectivity index (χ3n) is 2.40. The number of unbranched alkanes of at least 4 members (excludes halogenated alkanes) is 3. The predicted octanol–water partition coefficient (Wildman–Crippen LogP) is 4.72. The summed E-state index contributed by atoms with van der Waals surface area (Å²) in [7, 11) is -0.383. The van der Waals surface area contributed by atoms with Crippen LogP contribution in [0.25, 0.3) is 0 Å². The molecule has 0 aromatic carbocycles. The summed E-state index contributed by atoms with van der Waals surface area (Å²) in [6.45, 7) is 6.90. The van der Waals surface area contributed by atoms with Gasteiger partial charge in [-0.25, -0.2) is 0 Å². The molecule has 0 aromatic rings. The van der Waals surface area contributed by atoms with E-state index >= 15 is 0 Å². The molecular weight excluding hydrogens is 232 g/mol. The van der Waals surface area contributed by atoms with Gasteiger partial charge in [0.05, 0.1) is 0 Å². The molecule has 0 saturated heterocycles. The Morgan fingerprint density at radius 2 is 1.50 bits per heavy atom. The van der Waals surface area contributed by atoms with Crippen LogP contribution in [0, 0.1) is 0 Å². The highest BCUT2D eigenvalue weighted by Crippen LogP contribution is 2.55. The molecule has 2 heteroatoms. The third-order valence-corrected chi connectivity index (χ3v) is 9.21. The zero-order valence-corrected chi connectivity index (χ0v) is 11.1. The Balaban J connectivity index is 3.45. The van der Waals surface area contributed by atoms with Gasteiger partial charge in [0.2, 0.25) is 0 Å². The minimum Gasteiger partial charge on any atom is -0.184 e. The van der Waals surface area contributed by atoms with E-state index < -0.39 is 0 Å². The van der Waals surface area contributed by atoms with Gasteiger partial charge in [0.15, 0.2) is 0 Å². The third kappa shape index (κ3) is 5.47. The number of hydrogen-bond acceptors (Lipinski definition) is 0. The van der Waals surface area contributed by atoms with Crippen LogP contribution >= 0.6 is 23.3 Å². The molecule has 0 fully saturated rings. The second-order valence-corrected chi connectivity index (χ2v) is 10.8. The van der Waals surface area contributed by atoms with Crippen LogP contribution in [0.2, 0.25) is 0 Å². The maximum Gasteiger partial charge on any atom is -0.0136 e. The molecule has 0 aromatic heterocycles. The summed E-state index contributed by atoms with van der Waals surface area (Å²) < 4.78 is 0. The maximum absolute atomic E-state index is 3.92. The minimum absolute atomic E-state index is 0.383. The lowest BCUT2D eigenvalue weighted by Crippen LogP contribution is -2.03. The quantitative estimate of drug-likeness (QED) is 0.577. The molecule has 0 aliphatic rings. The fourth-order valence-electron chi connectivity index (χ4n) is 1.28. The lowest BCUT2D eigenvalue weighted by Gasteiger charge is -2.30. The van der Waals surface area contributed by atoms with Crippen molar-refractivity contribution in [1.82, 2.24) is 0 Å². The van der Waals surface area contributed by atoms with Crippen molar-refractivity contribution in [3.8, 4) is 0 Å². The van der Waals surface area contributed by atoms with E-state index in [9.17, 15) is 0 Å². The first-order valence-electron chi connectivity index (χ1n) is 5.14. The van der Waals surface area contributed by atoms with Gasteiger partial charge in [-0.15, -0.1) is 0 Å². The highest BCUT2D eigenvalue weighted by molar-refractivity contribution is 9.58. The van der Waals surface area contributed by atoms with Gasteiger partial charge in [0, 0.05) is 0 Å². The average Bonchev–Trinajstić information content (AvgIpc) is 2.12. The Hall–Kier alpha value is 0.830. The summed E-state index contributed by atoms with van der Waals surface area (Å²) in [6, 6.07) is 0. The van der Waals surface area contributed by atoms with Crippen LogP contribution in [0.15, 0.2) is 0 Å². The van der Waals surface area contributed by atoms with E-state index in [0.29, 0.717) is 0 Å². The summed E-state index contributed by atoms with van der Waals surface area (Å²) in [5, 5.41) is 0. The predicted molar refractivity (Wildman–Crippen MR) is 66.6 cm³/mol. The largest absolute Gasteiger partial charge is 0.184 e. The molecule has 0 rings (SSSR count). The highest BCUT2D eigenvalue weighted by atomic mass is 79.9. The highest BCUT2D eigenvalue weighted by Gasteiger charge is 2.14. The first-order chi connectivity index (χ1) is 5.68. The van der Waals surface area contributed by atoms with E-state index in [1.165, 1.54) is 42.9 Å². The Bertz CT molecular complexity index is 100. The van der Waals surface area contributed by atoms with Crippen molar-refractivity contribution in [2.45, 2.75) is 46.5 Å². The number of halogens is 1. The van der Waals surface area contributed by atoms with Crippen LogP contribution in [0.5, 0.6) is 0 Å². The molecule has 0 aliphatic heterocycles. The minimum atomic E-state index is -0.383. The molecule has 0 bridgehead atoms. The van der Waals surface area contributed by atoms with Crippen molar-refractivity contribution in [1.29, 1.82) is 0 Å². The number of rotatable bonds is 7. The van der Waals surface area contributed by atoms with Crippen molar-refractivity contribution in [3.63, 3.8) is 0 Å². The van der Waals surface area contributed by atoms with Gasteiger partial charge < -0.3 is 0 Å². The summed E-state index contributed by atoms with van der Waals surface area (Å²) >= 11 is 3.92. The number of hydrogen-bond donors (Lipinski definition) is 0. The lowest BCUT2D eigenvalue weighted by atomic mass is 10.2. The van der Waals surface area contributed by atoms with Gasteiger partial charge in [-0.05, 0) is 38.5 Å². The van der Waals surface area contributed by atoms with Gasteiger partial charge in [0.25, 0.3) is 0 Å². The van der Waals surface area contributed by atoms with Crippen molar-refractivity contribution < 1.29 is 0 Å². The van der Waals surface area contributed by atoms with Crippen molar-refractivity contribution >= 4 is 23.3 Å². The standard InChI is InChI=1S/C10H23BrS/c1-4-7-8-9-10-12(11,5-2)6-3/h4-10H2,1-3H3. The van der Waals surface area contributed by atoms with Crippen LogP contribution in [0.4, 0.5) is 0 Å². The molecule has 0 nitrogen and oxygen atoms in total. The summed E-state index contributed by atoms with van der Waals surface area (Å²) in [5.74, 6) is 4.12.